The van der Waals surface area contributed by atoms with Gasteiger partial charge in [0, 0.05) is 36.6 Å². The fourth-order valence-electron chi connectivity index (χ4n) is 4.01. The number of pyridine rings is 1. The lowest BCUT2D eigenvalue weighted by Gasteiger charge is -2.42. The molecule has 3 aromatic rings. The number of aromatic nitrogens is 3. The zero-order chi connectivity index (χ0) is 25.3. The van der Waals surface area contributed by atoms with E-state index >= 15 is 0 Å². The number of halogens is 4. The average Bonchev–Trinajstić information content (AvgIpc) is 2.86. The lowest BCUT2D eigenvalue weighted by Crippen LogP contribution is -2.60. The van der Waals surface area contributed by atoms with Crippen LogP contribution in [0.1, 0.15) is 5.56 Å². The molecular formula is C24H21ClF3N5O3. The van der Waals surface area contributed by atoms with Crippen molar-refractivity contribution in [1.82, 2.24) is 24.8 Å². The van der Waals surface area contributed by atoms with Crippen LogP contribution in [0.4, 0.5) is 18.0 Å². The van der Waals surface area contributed by atoms with Crippen molar-refractivity contribution < 1.29 is 27.4 Å². The number of rotatable bonds is 4. The van der Waals surface area contributed by atoms with Gasteiger partial charge < -0.3 is 19.3 Å². The summed E-state index contributed by atoms with van der Waals surface area (Å²) < 4.78 is 50.3. The number of urea groups is 1. The molecule has 2 amide bonds. The minimum atomic E-state index is -4.45. The summed E-state index contributed by atoms with van der Waals surface area (Å²) in [4.78, 5) is 29.0. The standard InChI is InChI=1S/C24H21ClF3N5O3/c25-19-11-29-6-5-18(19)22-21(15-1-3-16(4-2-15)24(26,27)28)30-12-20(31-22)36-17-13-33(14-17)23(34)32-7-9-35-10-8-32/h1-6,11-12,17H,7-10,13-14H2. The Morgan fingerprint density at radius 3 is 2.42 bits per heavy atom. The number of alkyl halides is 3. The molecule has 0 bridgehead atoms. The van der Waals surface area contributed by atoms with E-state index in [9.17, 15) is 18.0 Å². The normalized spacial score (nSPS) is 16.6. The first-order valence-electron chi connectivity index (χ1n) is 11.2. The maximum absolute atomic E-state index is 13.0. The maximum Gasteiger partial charge on any atom is 0.416 e. The van der Waals surface area contributed by atoms with E-state index in [1.165, 1.54) is 30.7 Å². The maximum atomic E-state index is 13.0. The van der Waals surface area contributed by atoms with Crippen molar-refractivity contribution in [2.24, 2.45) is 0 Å². The molecule has 0 atom stereocenters. The Bertz CT molecular complexity index is 1250. The van der Waals surface area contributed by atoms with E-state index in [1.807, 2.05) is 0 Å². The van der Waals surface area contributed by atoms with Crippen molar-refractivity contribution in [3.05, 3.63) is 59.5 Å². The SMILES string of the molecule is O=C(N1CCOCC1)N1CC(Oc2cnc(-c3ccc(C(F)(F)F)cc3)c(-c3ccncc3Cl)n2)C1. The van der Waals surface area contributed by atoms with Crippen LogP contribution in [-0.4, -0.2) is 76.3 Å². The zero-order valence-electron chi connectivity index (χ0n) is 18.9. The fourth-order valence-corrected chi connectivity index (χ4v) is 4.22. The summed E-state index contributed by atoms with van der Waals surface area (Å²) in [5.74, 6) is 0.219. The third-order valence-electron chi connectivity index (χ3n) is 5.95. The Kier molecular flexibility index (Phi) is 6.67. The van der Waals surface area contributed by atoms with Crippen molar-refractivity contribution in [3.8, 4) is 28.4 Å². The molecule has 4 heterocycles. The van der Waals surface area contributed by atoms with E-state index < -0.39 is 11.7 Å². The summed E-state index contributed by atoms with van der Waals surface area (Å²) in [6, 6.07) is 6.27. The average molecular weight is 520 g/mol. The van der Waals surface area contributed by atoms with Gasteiger partial charge in [-0.25, -0.2) is 14.8 Å². The smallest absolute Gasteiger partial charge is 0.416 e. The van der Waals surface area contributed by atoms with Gasteiger partial charge in [0.25, 0.3) is 0 Å². The molecule has 2 aliphatic heterocycles. The van der Waals surface area contributed by atoms with E-state index in [0.29, 0.717) is 66.9 Å². The largest absolute Gasteiger partial charge is 0.469 e. The molecule has 8 nitrogen and oxygen atoms in total. The zero-order valence-corrected chi connectivity index (χ0v) is 19.7. The highest BCUT2D eigenvalue weighted by Crippen LogP contribution is 2.36. The quantitative estimate of drug-likeness (QED) is 0.508. The number of carbonyl (C=O) groups excluding carboxylic acids is 1. The molecule has 0 saturated carbocycles. The van der Waals surface area contributed by atoms with E-state index in [2.05, 4.69) is 15.0 Å². The molecule has 5 rings (SSSR count). The van der Waals surface area contributed by atoms with Gasteiger partial charge in [0.1, 0.15) is 11.8 Å². The van der Waals surface area contributed by atoms with Gasteiger partial charge in [0.05, 0.1) is 48.8 Å². The topological polar surface area (TPSA) is 80.7 Å². The number of benzene rings is 1. The molecule has 36 heavy (non-hydrogen) atoms. The van der Waals surface area contributed by atoms with Crippen molar-refractivity contribution in [1.29, 1.82) is 0 Å². The highest BCUT2D eigenvalue weighted by molar-refractivity contribution is 6.33. The van der Waals surface area contributed by atoms with Crippen molar-refractivity contribution in [2.45, 2.75) is 12.3 Å². The highest BCUT2D eigenvalue weighted by Gasteiger charge is 2.36. The van der Waals surface area contributed by atoms with Gasteiger partial charge in [-0.1, -0.05) is 23.7 Å². The van der Waals surface area contributed by atoms with Crippen LogP contribution in [0, 0.1) is 0 Å². The third-order valence-corrected chi connectivity index (χ3v) is 6.25. The first kappa shape index (κ1) is 24.3. The Hall–Kier alpha value is -3.44. The van der Waals surface area contributed by atoms with Gasteiger partial charge in [0.2, 0.25) is 5.88 Å². The first-order valence-corrected chi connectivity index (χ1v) is 11.6. The van der Waals surface area contributed by atoms with Gasteiger partial charge in [-0.15, -0.1) is 0 Å². The van der Waals surface area contributed by atoms with Crippen LogP contribution < -0.4 is 4.74 Å². The van der Waals surface area contributed by atoms with Crippen LogP contribution in [0.3, 0.4) is 0 Å². The molecule has 2 saturated heterocycles. The lowest BCUT2D eigenvalue weighted by atomic mass is 10.0. The predicted octanol–water partition coefficient (Wildman–Crippen LogP) is 4.39. The number of morpholine rings is 1. The minimum absolute atomic E-state index is 0.0499. The highest BCUT2D eigenvalue weighted by atomic mass is 35.5. The number of ether oxygens (including phenoxy) is 2. The molecule has 2 fully saturated rings. The van der Waals surface area contributed by atoms with Crippen LogP contribution in [0.2, 0.25) is 5.02 Å². The van der Waals surface area contributed by atoms with Crippen molar-refractivity contribution in [3.63, 3.8) is 0 Å². The lowest BCUT2D eigenvalue weighted by molar-refractivity contribution is -0.137. The third kappa shape index (κ3) is 5.07. The molecular weight excluding hydrogens is 499 g/mol. The predicted molar refractivity (Wildman–Crippen MR) is 124 cm³/mol. The van der Waals surface area contributed by atoms with Crippen LogP contribution in [0.15, 0.2) is 48.9 Å². The molecule has 2 aromatic heterocycles. The van der Waals surface area contributed by atoms with Gasteiger partial charge in [-0.2, -0.15) is 13.2 Å². The van der Waals surface area contributed by atoms with Crippen molar-refractivity contribution >= 4 is 17.6 Å². The van der Waals surface area contributed by atoms with E-state index in [4.69, 9.17) is 21.1 Å². The van der Waals surface area contributed by atoms with Gasteiger partial charge in [0.15, 0.2) is 0 Å². The summed E-state index contributed by atoms with van der Waals surface area (Å²) in [5.41, 5.74) is 0.888. The van der Waals surface area contributed by atoms with Gasteiger partial charge in [-0.05, 0) is 18.2 Å². The van der Waals surface area contributed by atoms with Crippen molar-refractivity contribution in [2.75, 3.05) is 39.4 Å². The van der Waals surface area contributed by atoms with Crippen LogP contribution in [0.25, 0.3) is 22.5 Å². The van der Waals surface area contributed by atoms with Crippen LogP contribution in [-0.2, 0) is 10.9 Å². The Balaban J connectivity index is 1.36. The summed E-state index contributed by atoms with van der Waals surface area (Å²) in [6.45, 7) is 3.00. The Morgan fingerprint density at radius 2 is 1.75 bits per heavy atom. The second kappa shape index (κ2) is 9.90. The number of carbonyl (C=O) groups is 1. The number of hydrogen-bond donors (Lipinski definition) is 0. The number of nitrogens with zero attached hydrogens (tertiary/aromatic N) is 5. The van der Waals surface area contributed by atoms with E-state index in [1.54, 1.807) is 15.9 Å². The van der Waals surface area contributed by atoms with Crippen LogP contribution in [0.5, 0.6) is 5.88 Å². The van der Waals surface area contributed by atoms with E-state index in [-0.39, 0.29) is 18.0 Å². The van der Waals surface area contributed by atoms with Gasteiger partial charge in [-0.3, -0.25) is 4.98 Å². The van der Waals surface area contributed by atoms with Crippen LogP contribution >= 0.6 is 11.6 Å². The summed E-state index contributed by atoms with van der Waals surface area (Å²) >= 11 is 6.35. The molecule has 2 aliphatic rings. The number of likely N-dealkylation sites (tertiary alicyclic amines) is 1. The molecule has 12 heteroatoms. The second-order valence-electron chi connectivity index (χ2n) is 8.36. The monoisotopic (exact) mass is 519 g/mol. The molecule has 0 aliphatic carbocycles. The second-order valence-corrected chi connectivity index (χ2v) is 8.77. The molecule has 1 aromatic carbocycles. The first-order chi connectivity index (χ1) is 17.3. The molecule has 0 unspecified atom stereocenters. The summed E-state index contributed by atoms with van der Waals surface area (Å²) in [6.07, 6.45) is -0.309. The minimum Gasteiger partial charge on any atom is -0.469 e. The molecule has 188 valence electrons. The number of amides is 2. The number of hydrogen-bond acceptors (Lipinski definition) is 6. The molecule has 0 spiro atoms. The summed E-state index contributed by atoms with van der Waals surface area (Å²) in [7, 11) is 0. The molecule has 0 radical (unpaired) electrons. The fraction of sp³-hybridized carbons (Fsp3) is 0.333. The Labute approximate surface area is 209 Å². The van der Waals surface area contributed by atoms with E-state index in [0.717, 1.165) is 12.1 Å². The Morgan fingerprint density at radius 1 is 1.03 bits per heavy atom. The molecule has 0 N–H and O–H groups in total. The summed E-state index contributed by atoms with van der Waals surface area (Å²) in [5, 5.41) is 0.308. The van der Waals surface area contributed by atoms with Gasteiger partial charge >= 0.3 is 12.2 Å².